The van der Waals surface area contributed by atoms with Gasteiger partial charge in [-0.15, -0.1) is 0 Å². The number of aryl methyl sites for hydroxylation is 3. The predicted molar refractivity (Wildman–Crippen MR) is 87.0 cm³/mol. The summed E-state index contributed by atoms with van der Waals surface area (Å²) < 4.78 is 0. The van der Waals surface area contributed by atoms with Crippen molar-refractivity contribution in [2.45, 2.75) is 46.1 Å². The predicted octanol–water partition coefficient (Wildman–Crippen LogP) is 4.61. The SMILES string of the molecule is CCCC(N)(c1ccccc1)c1cc(C)c(C)cc1C. The Kier molecular flexibility index (Phi) is 4.29. The molecule has 0 aliphatic rings. The van der Waals surface area contributed by atoms with Gasteiger partial charge < -0.3 is 5.73 Å². The fourth-order valence-corrected chi connectivity index (χ4v) is 3.01. The highest BCUT2D eigenvalue weighted by Gasteiger charge is 2.30. The third-order valence-electron chi connectivity index (χ3n) is 4.25. The average Bonchev–Trinajstić information content (AvgIpc) is 2.44. The van der Waals surface area contributed by atoms with Crippen LogP contribution in [0.15, 0.2) is 42.5 Å². The monoisotopic (exact) mass is 267 g/mol. The van der Waals surface area contributed by atoms with Crippen molar-refractivity contribution < 1.29 is 0 Å². The molecule has 0 aromatic heterocycles. The van der Waals surface area contributed by atoms with Crippen LogP contribution in [-0.4, -0.2) is 0 Å². The molecule has 0 aliphatic heterocycles. The number of nitrogens with two attached hydrogens (primary N) is 1. The van der Waals surface area contributed by atoms with E-state index in [0.717, 1.165) is 12.8 Å². The van der Waals surface area contributed by atoms with Gasteiger partial charge >= 0.3 is 0 Å². The Morgan fingerprint density at radius 2 is 1.50 bits per heavy atom. The fourth-order valence-electron chi connectivity index (χ4n) is 3.01. The van der Waals surface area contributed by atoms with Crippen LogP contribution in [0.5, 0.6) is 0 Å². The summed E-state index contributed by atoms with van der Waals surface area (Å²) in [5, 5.41) is 0. The van der Waals surface area contributed by atoms with E-state index in [9.17, 15) is 0 Å². The second kappa shape index (κ2) is 5.80. The van der Waals surface area contributed by atoms with E-state index in [1.807, 2.05) is 6.07 Å². The van der Waals surface area contributed by atoms with Crippen molar-refractivity contribution >= 4 is 0 Å². The van der Waals surface area contributed by atoms with E-state index in [0.29, 0.717) is 0 Å². The van der Waals surface area contributed by atoms with Gasteiger partial charge in [-0.25, -0.2) is 0 Å². The standard InChI is InChI=1S/C19H25N/c1-5-11-19(20,17-9-7-6-8-10-17)18-13-15(3)14(2)12-16(18)4/h6-10,12-13H,5,11,20H2,1-4H3. The Hall–Kier alpha value is -1.60. The highest BCUT2D eigenvalue weighted by atomic mass is 14.7. The normalized spacial score (nSPS) is 14.1. The lowest BCUT2D eigenvalue weighted by Gasteiger charge is -2.32. The van der Waals surface area contributed by atoms with Crippen LogP contribution in [0.1, 0.15) is 47.6 Å². The van der Waals surface area contributed by atoms with Gasteiger partial charge in [-0.05, 0) is 55.0 Å². The molecule has 1 atom stereocenters. The van der Waals surface area contributed by atoms with E-state index in [4.69, 9.17) is 5.73 Å². The summed E-state index contributed by atoms with van der Waals surface area (Å²) in [6.45, 7) is 8.69. The van der Waals surface area contributed by atoms with Crippen molar-refractivity contribution in [1.29, 1.82) is 0 Å². The van der Waals surface area contributed by atoms with Gasteiger partial charge in [0.2, 0.25) is 0 Å². The minimum absolute atomic E-state index is 0.390. The summed E-state index contributed by atoms with van der Waals surface area (Å²) in [6, 6.07) is 15.0. The Morgan fingerprint density at radius 1 is 0.900 bits per heavy atom. The fraction of sp³-hybridized carbons (Fsp3) is 0.368. The first kappa shape index (κ1) is 14.8. The molecule has 0 saturated heterocycles. The van der Waals surface area contributed by atoms with E-state index in [-0.39, 0.29) is 0 Å². The maximum Gasteiger partial charge on any atom is 0.0668 e. The topological polar surface area (TPSA) is 26.0 Å². The maximum absolute atomic E-state index is 6.87. The molecular weight excluding hydrogens is 242 g/mol. The Balaban J connectivity index is 2.62. The molecule has 0 bridgehead atoms. The number of hydrogen-bond acceptors (Lipinski definition) is 1. The van der Waals surface area contributed by atoms with Crippen LogP contribution in [0.4, 0.5) is 0 Å². The number of hydrogen-bond donors (Lipinski definition) is 1. The first-order valence-corrected chi connectivity index (χ1v) is 7.41. The zero-order valence-electron chi connectivity index (χ0n) is 13.0. The van der Waals surface area contributed by atoms with Crippen molar-refractivity contribution in [1.82, 2.24) is 0 Å². The molecule has 2 aromatic carbocycles. The zero-order valence-corrected chi connectivity index (χ0v) is 13.0. The molecule has 1 nitrogen and oxygen atoms in total. The Labute approximate surface area is 122 Å². The van der Waals surface area contributed by atoms with Crippen LogP contribution in [-0.2, 0) is 5.54 Å². The molecule has 0 radical (unpaired) electrons. The summed E-state index contributed by atoms with van der Waals surface area (Å²) in [4.78, 5) is 0. The van der Waals surface area contributed by atoms with Gasteiger partial charge in [-0.2, -0.15) is 0 Å². The quantitative estimate of drug-likeness (QED) is 0.859. The Bertz CT molecular complexity index is 586. The third-order valence-corrected chi connectivity index (χ3v) is 4.25. The first-order chi connectivity index (χ1) is 9.49. The summed E-state index contributed by atoms with van der Waals surface area (Å²) >= 11 is 0. The minimum atomic E-state index is -0.390. The molecule has 106 valence electrons. The van der Waals surface area contributed by atoms with Crippen LogP contribution in [0.25, 0.3) is 0 Å². The van der Waals surface area contributed by atoms with Gasteiger partial charge in [0.1, 0.15) is 0 Å². The average molecular weight is 267 g/mol. The minimum Gasteiger partial charge on any atom is -0.318 e. The molecule has 2 aromatic rings. The maximum atomic E-state index is 6.87. The molecule has 20 heavy (non-hydrogen) atoms. The zero-order chi connectivity index (χ0) is 14.8. The molecule has 0 amide bonds. The lowest BCUT2D eigenvalue weighted by atomic mass is 9.77. The van der Waals surface area contributed by atoms with Gasteiger partial charge in [0.25, 0.3) is 0 Å². The molecule has 1 unspecified atom stereocenters. The van der Waals surface area contributed by atoms with Gasteiger partial charge in [-0.1, -0.05) is 55.8 Å². The van der Waals surface area contributed by atoms with E-state index in [1.54, 1.807) is 0 Å². The lowest BCUT2D eigenvalue weighted by Crippen LogP contribution is -2.38. The van der Waals surface area contributed by atoms with Crippen molar-refractivity contribution in [3.63, 3.8) is 0 Å². The molecule has 0 heterocycles. The molecular formula is C19H25N. The van der Waals surface area contributed by atoms with E-state index in [2.05, 4.69) is 64.1 Å². The van der Waals surface area contributed by atoms with Crippen molar-refractivity contribution in [2.24, 2.45) is 5.73 Å². The second-order valence-electron chi connectivity index (χ2n) is 5.84. The second-order valence-corrected chi connectivity index (χ2v) is 5.84. The third kappa shape index (κ3) is 2.64. The van der Waals surface area contributed by atoms with Crippen LogP contribution < -0.4 is 5.73 Å². The van der Waals surface area contributed by atoms with Crippen LogP contribution in [0.2, 0.25) is 0 Å². The highest BCUT2D eigenvalue weighted by Crippen LogP contribution is 2.34. The highest BCUT2D eigenvalue weighted by molar-refractivity contribution is 5.46. The van der Waals surface area contributed by atoms with E-state index >= 15 is 0 Å². The number of benzene rings is 2. The molecule has 0 fully saturated rings. The van der Waals surface area contributed by atoms with Crippen LogP contribution in [0.3, 0.4) is 0 Å². The van der Waals surface area contributed by atoms with E-state index in [1.165, 1.54) is 27.8 Å². The lowest BCUT2D eigenvalue weighted by molar-refractivity contribution is 0.482. The number of rotatable bonds is 4. The molecule has 0 aliphatic carbocycles. The van der Waals surface area contributed by atoms with Crippen molar-refractivity contribution in [3.05, 3.63) is 70.3 Å². The Morgan fingerprint density at radius 3 is 2.10 bits per heavy atom. The molecule has 2 rings (SSSR count). The van der Waals surface area contributed by atoms with Crippen molar-refractivity contribution in [3.8, 4) is 0 Å². The summed E-state index contributed by atoms with van der Waals surface area (Å²) in [5.41, 5.74) is 12.9. The molecule has 2 N–H and O–H groups in total. The van der Waals surface area contributed by atoms with Gasteiger partial charge in [0.15, 0.2) is 0 Å². The molecule has 1 heteroatoms. The van der Waals surface area contributed by atoms with Gasteiger partial charge in [0, 0.05) is 0 Å². The van der Waals surface area contributed by atoms with Crippen molar-refractivity contribution in [2.75, 3.05) is 0 Å². The summed E-state index contributed by atoms with van der Waals surface area (Å²) in [7, 11) is 0. The van der Waals surface area contributed by atoms with Crippen LogP contribution in [0, 0.1) is 20.8 Å². The smallest absolute Gasteiger partial charge is 0.0668 e. The van der Waals surface area contributed by atoms with E-state index < -0.39 is 5.54 Å². The molecule has 0 saturated carbocycles. The summed E-state index contributed by atoms with van der Waals surface area (Å²) in [6.07, 6.45) is 2.03. The van der Waals surface area contributed by atoms with Gasteiger partial charge in [-0.3, -0.25) is 0 Å². The first-order valence-electron chi connectivity index (χ1n) is 7.41. The molecule has 0 spiro atoms. The largest absolute Gasteiger partial charge is 0.318 e. The van der Waals surface area contributed by atoms with Crippen LogP contribution >= 0.6 is 0 Å². The van der Waals surface area contributed by atoms with Gasteiger partial charge in [0.05, 0.1) is 5.54 Å². The summed E-state index contributed by atoms with van der Waals surface area (Å²) in [5.74, 6) is 0.